The molecule has 1 amide bonds. The molecule has 202 valence electrons. The summed E-state index contributed by atoms with van der Waals surface area (Å²) in [6.45, 7) is 4.19. The van der Waals surface area contributed by atoms with Gasteiger partial charge in [-0.05, 0) is 35.4 Å². The number of carbonyl (C=O) groups is 2. The van der Waals surface area contributed by atoms with Gasteiger partial charge in [-0.3, -0.25) is 14.5 Å². The first-order valence-corrected chi connectivity index (χ1v) is 13.0. The molecule has 0 spiro atoms. The maximum absolute atomic E-state index is 13.3. The van der Waals surface area contributed by atoms with Crippen molar-refractivity contribution in [2.45, 2.75) is 12.6 Å². The number of ketones is 1. The molecule has 2 heterocycles. The highest BCUT2D eigenvalue weighted by molar-refractivity contribution is 6.46. The Labute approximate surface area is 228 Å². The van der Waals surface area contributed by atoms with Crippen molar-refractivity contribution in [1.29, 1.82) is 0 Å². The monoisotopic (exact) mass is 528 g/mol. The maximum Gasteiger partial charge on any atom is 0.295 e. The Morgan fingerprint density at radius 2 is 1.67 bits per heavy atom. The minimum atomic E-state index is -0.736. The van der Waals surface area contributed by atoms with Crippen molar-refractivity contribution >= 4 is 17.4 Å². The van der Waals surface area contributed by atoms with E-state index in [0.717, 1.165) is 18.7 Å². The van der Waals surface area contributed by atoms with Crippen molar-refractivity contribution < 1.29 is 28.9 Å². The third-order valence-corrected chi connectivity index (χ3v) is 7.09. The number of hydrogen-bond acceptors (Lipinski definition) is 7. The topological polar surface area (TPSA) is 88.5 Å². The Balaban J connectivity index is 1.46. The van der Waals surface area contributed by atoms with Crippen molar-refractivity contribution in [3.63, 3.8) is 0 Å². The van der Waals surface area contributed by atoms with Crippen LogP contribution in [0, 0.1) is 0 Å². The molecule has 0 aliphatic carbocycles. The van der Waals surface area contributed by atoms with Crippen LogP contribution in [-0.2, 0) is 20.9 Å². The number of likely N-dealkylation sites (tertiary alicyclic amines) is 1. The lowest BCUT2D eigenvalue weighted by Crippen LogP contribution is -2.42. The standard InChI is InChI=1S/C31H32N2O6/c1-37-26-9-5-8-24(20-26)29(34)27-28(33(31(36)30(27)35)15-14-32-16-18-38-19-17-32)23-10-12-25(13-11-23)39-21-22-6-3-2-4-7-22/h2-13,20,28,34H,14-19,21H2,1H3/b29-27+. The predicted molar refractivity (Wildman–Crippen MR) is 146 cm³/mol. The average molecular weight is 529 g/mol. The van der Waals surface area contributed by atoms with Crippen LogP contribution in [0.25, 0.3) is 5.76 Å². The summed E-state index contributed by atoms with van der Waals surface area (Å²) < 4.78 is 16.7. The molecule has 2 aliphatic heterocycles. The number of carbonyl (C=O) groups excluding carboxylic acids is 2. The minimum Gasteiger partial charge on any atom is -0.507 e. The number of morpholine rings is 1. The molecule has 0 radical (unpaired) electrons. The molecule has 8 heteroatoms. The zero-order valence-electron chi connectivity index (χ0n) is 21.9. The summed E-state index contributed by atoms with van der Waals surface area (Å²) in [5, 5.41) is 11.3. The molecule has 0 bridgehead atoms. The zero-order chi connectivity index (χ0) is 27.2. The van der Waals surface area contributed by atoms with Crippen LogP contribution in [0.4, 0.5) is 0 Å². The summed E-state index contributed by atoms with van der Waals surface area (Å²) >= 11 is 0. The lowest BCUT2D eigenvalue weighted by atomic mass is 9.95. The SMILES string of the molecule is COc1cccc(/C(O)=C2\C(=O)C(=O)N(CCN3CCOCC3)C2c2ccc(OCc3ccccc3)cc2)c1. The predicted octanol–water partition coefficient (Wildman–Crippen LogP) is 4.03. The van der Waals surface area contributed by atoms with Gasteiger partial charge in [-0.1, -0.05) is 54.6 Å². The first kappa shape index (κ1) is 26.5. The van der Waals surface area contributed by atoms with E-state index in [1.165, 1.54) is 7.11 Å². The molecule has 1 unspecified atom stereocenters. The van der Waals surface area contributed by atoms with Crippen LogP contribution >= 0.6 is 0 Å². The summed E-state index contributed by atoms with van der Waals surface area (Å²) in [5.41, 5.74) is 2.24. The number of nitrogens with zero attached hydrogens (tertiary/aromatic N) is 2. The van der Waals surface area contributed by atoms with E-state index in [2.05, 4.69) is 4.90 Å². The third kappa shape index (κ3) is 5.97. The fraction of sp³-hybridized carbons (Fsp3) is 0.290. The second-order valence-electron chi connectivity index (χ2n) is 9.52. The molecule has 2 fully saturated rings. The van der Waals surface area contributed by atoms with Gasteiger partial charge in [0.05, 0.1) is 31.9 Å². The zero-order valence-corrected chi connectivity index (χ0v) is 21.9. The molecule has 3 aromatic carbocycles. The van der Waals surface area contributed by atoms with E-state index in [4.69, 9.17) is 14.2 Å². The molecule has 0 saturated carbocycles. The van der Waals surface area contributed by atoms with Crippen molar-refractivity contribution in [3.8, 4) is 11.5 Å². The first-order chi connectivity index (χ1) is 19.0. The Morgan fingerprint density at radius 3 is 2.38 bits per heavy atom. The van der Waals surface area contributed by atoms with Gasteiger partial charge in [-0.15, -0.1) is 0 Å². The number of aliphatic hydroxyl groups excluding tert-OH is 1. The first-order valence-electron chi connectivity index (χ1n) is 13.0. The van der Waals surface area contributed by atoms with Crippen LogP contribution in [-0.4, -0.2) is 73.1 Å². The molecule has 1 atom stereocenters. The van der Waals surface area contributed by atoms with Crippen LogP contribution in [0.15, 0.2) is 84.4 Å². The number of rotatable bonds is 9. The van der Waals surface area contributed by atoms with E-state index >= 15 is 0 Å². The number of hydrogen-bond donors (Lipinski definition) is 1. The number of benzene rings is 3. The van der Waals surface area contributed by atoms with Crippen molar-refractivity contribution in [3.05, 3.63) is 101 Å². The van der Waals surface area contributed by atoms with Crippen LogP contribution in [0.3, 0.4) is 0 Å². The second-order valence-corrected chi connectivity index (χ2v) is 9.52. The van der Waals surface area contributed by atoms with Crippen molar-refractivity contribution in [1.82, 2.24) is 9.80 Å². The largest absolute Gasteiger partial charge is 0.507 e. The fourth-order valence-corrected chi connectivity index (χ4v) is 4.94. The summed E-state index contributed by atoms with van der Waals surface area (Å²) in [6, 6.07) is 23.3. The molecular formula is C31H32N2O6. The highest BCUT2D eigenvalue weighted by atomic mass is 16.5. The van der Waals surface area contributed by atoms with Crippen LogP contribution in [0.5, 0.6) is 11.5 Å². The van der Waals surface area contributed by atoms with Crippen LogP contribution < -0.4 is 9.47 Å². The molecular weight excluding hydrogens is 496 g/mol. The molecule has 8 nitrogen and oxygen atoms in total. The van der Waals surface area contributed by atoms with Gasteiger partial charge in [-0.25, -0.2) is 0 Å². The Morgan fingerprint density at radius 1 is 0.923 bits per heavy atom. The Kier molecular flexibility index (Phi) is 8.24. The Bertz CT molecular complexity index is 1330. The van der Waals surface area contributed by atoms with Crippen LogP contribution in [0.1, 0.15) is 22.7 Å². The minimum absolute atomic E-state index is 0.0631. The molecule has 39 heavy (non-hydrogen) atoms. The highest BCUT2D eigenvalue weighted by Crippen LogP contribution is 2.40. The van der Waals surface area contributed by atoms with Gasteiger partial charge in [0, 0.05) is 31.7 Å². The van der Waals surface area contributed by atoms with E-state index < -0.39 is 17.7 Å². The fourth-order valence-electron chi connectivity index (χ4n) is 4.94. The van der Waals surface area contributed by atoms with Gasteiger partial charge < -0.3 is 24.2 Å². The summed E-state index contributed by atoms with van der Waals surface area (Å²) in [5.74, 6) is -0.345. The third-order valence-electron chi connectivity index (χ3n) is 7.09. The summed E-state index contributed by atoms with van der Waals surface area (Å²) in [7, 11) is 1.53. The number of ether oxygens (including phenoxy) is 3. The number of aliphatic hydroxyl groups is 1. The van der Waals surface area contributed by atoms with Gasteiger partial charge in [0.15, 0.2) is 0 Å². The van der Waals surface area contributed by atoms with Gasteiger partial charge in [0.2, 0.25) is 0 Å². The number of Topliss-reactive ketones (excluding diaryl/α,β-unsaturated/α-hetero) is 1. The highest BCUT2D eigenvalue weighted by Gasteiger charge is 2.46. The molecule has 2 aliphatic rings. The molecule has 1 N–H and O–H groups in total. The van der Waals surface area contributed by atoms with E-state index in [9.17, 15) is 14.7 Å². The summed E-state index contributed by atoms with van der Waals surface area (Å²) in [4.78, 5) is 30.4. The van der Waals surface area contributed by atoms with Gasteiger partial charge in [0.25, 0.3) is 11.7 Å². The average Bonchev–Trinajstić information content (AvgIpc) is 3.25. The molecule has 5 rings (SSSR count). The summed E-state index contributed by atoms with van der Waals surface area (Å²) in [6.07, 6.45) is 0. The van der Waals surface area contributed by atoms with Crippen molar-refractivity contribution in [2.24, 2.45) is 0 Å². The van der Waals surface area contributed by atoms with E-state index in [1.54, 1.807) is 29.2 Å². The normalized spacial score (nSPS) is 19.3. The van der Waals surface area contributed by atoms with E-state index in [0.29, 0.717) is 55.5 Å². The van der Waals surface area contributed by atoms with Crippen LogP contribution in [0.2, 0.25) is 0 Å². The lowest BCUT2D eigenvalue weighted by molar-refractivity contribution is -0.140. The number of amides is 1. The molecule has 3 aromatic rings. The van der Waals surface area contributed by atoms with Gasteiger partial charge >= 0.3 is 0 Å². The van der Waals surface area contributed by atoms with E-state index in [1.807, 2.05) is 54.6 Å². The quantitative estimate of drug-likeness (QED) is 0.255. The molecule has 2 saturated heterocycles. The second kappa shape index (κ2) is 12.1. The van der Waals surface area contributed by atoms with Gasteiger partial charge in [0.1, 0.15) is 23.9 Å². The Hall–Kier alpha value is -4.14. The molecule has 0 aromatic heterocycles. The number of methoxy groups -OCH3 is 1. The smallest absolute Gasteiger partial charge is 0.295 e. The van der Waals surface area contributed by atoms with Crippen molar-refractivity contribution in [2.75, 3.05) is 46.5 Å². The maximum atomic E-state index is 13.3. The van der Waals surface area contributed by atoms with Gasteiger partial charge in [-0.2, -0.15) is 0 Å². The lowest BCUT2D eigenvalue weighted by Gasteiger charge is -2.31. The van der Waals surface area contributed by atoms with E-state index in [-0.39, 0.29) is 11.3 Å².